The van der Waals surface area contributed by atoms with Crippen molar-refractivity contribution >= 4 is 29.4 Å². The minimum absolute atomic E-state index is 0.0496. The van der Waals surface area contributed by atoms with E-state index in [-0.39, 0.29) is 23.9 Å². The SMILES string of the molecule is COC(=O)C(C)(C)N(C)CC(=O)Nc1ccc2c(c1)C(=O)N(C)C2=O. The number of fused-ring (bicyclic) bond motifs is 1. The van der Waals surface area contributed by atoms with Gasteiger partial charge in [0, 0.05) is 12.7 Å². The second-order valence-electron chi connectivity index (χ2n) is 6.38. The van der Waals surface area contributed by atoms with Gasteiger partial charge in [0.1, 0.15) is 5.54 Å². The molecule has 0 saturated carbocycles. The third kappa shape index (κ3) is 3.39. The Morgan fingerprint density at radius 1 is 1.20 bits per heavy atom. The highest BCUT2D eigenvalue weighted by atomic mass is 16.5. The van der Waals surface area contributed by atoms with Crippen LogP contribution in [-0.2, 0) is 14.3 Å². The normalized spacial score (nSPS) is 13.9. The average Bonchev–Trinajstić information content (AvgIpc) is 2.78. The van der Waals surface area contributed by atoms with E-state index in [1.54, 1.807) is 31.9 Å². The van der Waals surface area contributed by atoms with Crippen molar-refractivity contribution in [2.75, 3.05) is 33.1 Å². The Labute approximate surface area is 145 Å². The number of rotatable bonds is 5. The zero-order chi connectivity index (χ0) is 18.9. The Hall–Kier alpha value is -2.74. The van der Waals surface area contributed by atoms with Crippen LogP contribution in [0.15, 0.2) is 18.2 Å². The molecule has 0 radical (unpaired) electrons. The van der Waals surface area contributed by atoms with Crippen LogP contribution in [0, 0.1) is 0 Å². The maximum atomic E-state index is 12.2. The number of benzene rings is 1. The zero-order valence-corrected chi connectivity index (χ0v) is 14.9. The first-order chi connectivity index (χ1) is 11.6. The molecule has 0 spiro atoms. The third-order valence-electron chi connectivity index (χ3n) is 4.39. The Kier molecular flexibility index (Phi) is 4.94. The van der Waals surface area contributed by atoms with Crippen molar-refractivity contribution in [3.8, 4) is 0 Å². The van der Waals surface area contributed by atoms with E-state index in [4.69, 9.17) is 4.74 Å². The molecule has 1 N–H and O–H groups in total. The summed E-state index contributed by atoms with van der Waals surface area (Å²) < 4.78 is 4.73. The van der Waals surface area contributed by atoms with E-state index < -0.39 is 17.4 Å². The fraction of sp³-hybridized carbons (Fsp3) is 0.412. The Balaban J connectivity index is 2.09. The topological polar surface area (TPSA) is 96.0 Å². The molecule has 1 aromatic carbocycles. The van der Waals surface area contributed by atoms with E-state index >= 15 is 0 Å². The average molecular weight is 347 g/mol. The Bertz CT molecular complexity index is 757. The molecule has 0 bridgehead atoms. The summed E-state index contributed by atoms with van der Waals surface area (Å²) in [5.74, 6) is -1.57. The fourth-order valence-corrected chi connectivity index (χ4v) is 2.46. The second kappa shape index (κ2) is 6.64. The smallest absolute Gasteiger partial charge is 0.325 e. The molecule has 0 saturated heterocycles. The van der Waals surface area contributed by atoms with Crippen molar-refractivity contribution in [2.24, 2.45) is 0 Å². The first-order valence-corrected chi connectivity index (χ1v) is 7.65. The van der Waals surface area contributed by atoms with E-state index in [0.717, 1.165) is 4.90 Å². The van der Waals surface area contributed by atoms with Gasteiger partial charge in [-0.2, -0.15) is 0 Å². The van der Waals surface area contributed by atoms with Gasteiger partial charge in [0.2, 0.25) is 5.91 Å². The number of carbonyl (C=O) groups is 4. The maximum Gasteiger partial charge on any atom is 0.325 e. The summed E-state index contributed by atoms with van der Waals surface area (Å²) in [6.07, 6.45) is 0. The number of carbonyl (C=O) groups excluding carboxylic acids is 4. The monoisotopic (exact) mass is 347 g/mol. The number of imide groups is 1. The highest BCUT2D eigenvalue weighted by molar-refractivity contribution is 6.21. The summed E-state index contributed by atoms with van der Waals surface area (Å²) in [5.41, 5.74) is 0.0160. The van der Waals surface area contributed by atoms with Crippen LogP contribution in [-0.4, -0.2) is 66.8 Å². The molecule has 0 unspecified atom stereocenters. The van der Waals surface area contributed by atoms with Crippen molar-refractivity contribution in [3.63, 3.8) is 0 Å². The van der Waals surface area contributed by atoms with E-state index in [9.17, 15) is 19.2 Å². The van der Waals surface area contributed by atoms with E-state index in [1.165, 1.54) is 26.3 Å². The van der Waals surface area contributed by atoms with Gasteiger partial charge < -0.3 is 10.1 Å². The van der Waals surface area contributed by atoms with Gasteiger partial charge in [-0.3, -0.25) is 29.0 Å². The van der Waals surface area contributed by atoms with E-state index in [2.05, 4.69) is 5.32 Å². The van der Waals surface area contributed by atoms with Crippen LogP contribution in [0.5, 0.6) is 0 Å². The van der Waals surface area contributed by atoms with Crippen LogP contribution in [0.25, 0.3) is 0 Å². The van der Waals surface area contributed by atoms with Crippen molar-refractivity contribution in [3.05, 3.63) is 29.3 Å². The summed E-state index contributed by atoms with van der Waals surface area (Å²) in [4.78, 5) is 50.4. The predicted octanol–water partition coefficient (Wildman–Crippen LogP) is 0.734. The molecule has 1 aliphatic heterocycles. The summed E-state index contributed by atoms with van der Waals surface area (Å²) in [5, 5.41) is 2.67. The lowest BCUT2D eigenvalue weighted by Crippen LogP contribution is -2.51. The number of likely N-dealkylation sites (N-methyl/N-ethyl adjacent to an activating group) is 1. The second-order valence-corrected chi connectivity index (χ2v) is 6.38. The molecule has 0 aliphatic carbocycles. The molecule has 0 atom stereocenters. The molecular weight excluding hydrogens is 326 g/mol. The highest BCUT2D eigenvalue weighted by Crippen LogP contribution is 2.24. The Morgan fingerprint density at radius 3 is 2.40 bits per heavy atom. The standard InChI is InChI=1S/C17H21N3O5/c1-17(2,16(24)25-5)19(3)9-13(21)18-10-6-7-11-12(8-10)15(23)20(4)14(11)22/h6-8H,9H2,1-5H3,(H,18,21). The van der Waals surface area contributed by atoms with Gasteiger partial charge in [-0.1, -0.05) is 0 Å². The number of hydrogen-bond donors (Lipinski definition) is 1. The van der Waals surface area contributed by atoms with E-state index in [1.807, 2.05) is 0 Å². The lowest BCUT2D eigenvalue weighted by molar-refractivity contribution is -0.152. The maximum absolute atomic E-state index is 12.2. The first kappa shape index (κ1) is 18.6. The summed E-state index contributed by atoms with van der Waals surface area (Å²) in [7, 11) is 4.33. The molecule has 8 heteroatoms. The molecule has 0 aromatic heterocycles. The van der Waals surface area contributed by atoms with Crippen molar-refractivity contribution in [2.45, 2.75) is 19.4 Å². The van der Waals surface area contributed by atoms with Gasteiger partial charge in [0.15, 0.2) is 0 Å². The molecule has 134 valence electrons. The number of nitrogens with zero attached hydrogens (tertiary/aromatic N) is 2. The van der Waals surface area contributed by atoms with Gasteiger partial charge in [-0.15, -0.1) is 0 Å². The number of nitrogens with one attached hydrogen (secondary N) is 1. The predicted molar refractivity (Wildman–Crippen MR) is 90.2 cm³/mol. The lowest BCUT2D eigenvalue weighted by Gasteiger charge is -2.32. The van der Waals surface area contributed by atoms with E-state index in [0.29, 0.717) is 11.3 Å². The Morgan fingerprint density at radius 2 is 1.80 bits per heavy atom. The van der Waals surface area contributed by atoms with Crippen molar-refractivity contribution in [1.29, 1.82) is 0 Å². The van der Waals surface area contributed by atoms with Crippen LogP contribution >= 0.6 is 0 Å². The number of esters is 1. The van der Waals surface area contributed by atoms with Crippen LogP contribution in [0.4, 0.5) is 5.69 Å². The van der Waals surface area contributed by atoms with Crippen LogP contribution in [0.2, 0.25) is 0 Å². The number of hydrogen-bond acceptors (Lipinski definition) is 6. The number of methoxy groups -OCH3 is 1. The van der Waals surface area contributed by atoms with Gasteiger partial charge in [-0.05, 0) is 39.1 Å². The van der Waals surface area contributed by atoms with Crippen molar-refractivity contribution < 1.29 is 23.9 Å². The summed E-state index contributed by atoms with van der Waals surface area (Å²) in [6.45, 7) is 3.26. The molecule has 1 aliphatic rings. The molecular formula is C17H21N3O5. The first-order valence-electron chi connectivity index (χ1n) is 7.65. The number of amides is 3. The fourth-order valence-electron chi connectivity index (χ4n) is 2.46. The third-order valence-corrected chi connectivity index (χ3v) is 4.39. The quantitative estimate of drug-likeness (QED) is 0.623. The molecule has 3 amide bonds. The molecule has 8 nitrogen and oxygen atoms in total. The van der Waals surface area contributed by atoms with Gasteiger partial charge in [0.05, 0.1) is 24.8 Å². The molecule has 1 aromatic rings. The van der Waals surface area contributed by atoms with Crippen LogP contribution in [0.1, 0.15) is 34.6 Å². The van der Waals surface area contributed by atoms with Crippen LogP contribution in [0.3, 0.4) is 0 Å². The van der Waals surface area contributed by atoms with Crippen LogP contribution < -0.4 is 5.32 Å². The molecule has 0 fully saturated rings. The van der Waals surface area contributed by atoms with Gasteiger partial charge in [0.25, 0.3) is 11.8 Å². The highest BCUT2D eigenvalue weighted by Gasteiger charge is 2.35. The number of ether oxygens (including phenoxy) is 1. The van der Waals surface area contributed by atoms with Crippen molar-refractivity contribution in [1.82, 2.24) is 9.80 Å². The molecule has 2 rings (SSSR count). The summed E-state index contributed by atoms with van der Waals surface area (Å²) >= 11 is 0. The van der Waals surface area contributed by atoms with Gasteiger partial charge >= 0.3 is 5.97 Å². The lowest BCUT2D eigenvalue weighted by atomic mass is 10.0. The molecule has 25 heavy (non-hydrogen) atoms. The zero-order valence-electron chi connectivity index (χ0n) is 14.9. The van der Waals surface area contributed by atoms with Gasteiger partial charge in [-0.25, -0.2) is 0 Å². The minimum atomic E-state index is -0.963. The number of anilines is 1. The summed E-state index contributed by atoms with van der Waals surface area (Å²) in [6, 6.07) is 4.55. The largest absolute Gasteiger partial charge is 0.468 e. The minimum Gasteiger partial charge on any atom is -0.468 e. The molecule has 1 heterocycles.